The zero-order valence-corrected chi connectivity index (χ0v) is 28.5. The van der Waals surface area contributed by atoms with Gasteiger partial charge in [0, 0.05) is 68.7 Å². The van der Waals surface area contributed by atoms with E-state index < -0.39 is 0 Å². The minimum absolute atomic E-state index is 1.14. The third-order valence-electron chi connectivity index (χ3n) is 11.0. The number of aryl methyl sites for hydroxylation is 1. The van der Waals surface area contributed by atoms with Crippen LogP contribution in [0.25, 0.3) is 99.0 Å². The SMILES string of the molecule is Cn1c2ccncc2c2cc(-n3c4ccccc4c4cc(-c5ccccc5-c5ccc6c(c5)c5ccccc5n6-c5ccccc5)ccc43)ccc21. The van der Waals surface area contributed by atoms with Crippen molar-refractivity contribution >= 4 is 65.4 Å². The van der Waals surface area contributed by atoms with E-state index in [9.17, 15) is 0 Å². The number of hydrogen-bond donors (Lipinski definition) is 0. The molecule has 244 valence electrons. The summed E-state index contributed by atoms with van der Waals surface area (Å²) in [4.78, 5) is 4.46. The Kier molecular flexibility index (Phi) is 6.13. The van der Waals surface area contributed by atoms with Crippen LogP contribution < -0.4 is 0 Å². The molecule has 4 aromatic heterocycles. The molecule has 0 bridgehead atoms. The summed E-state index contributed by atoms with van der Waals surface area (Å²) in [5.41, 5.74) is 14.4. The maximum absolute atomic E-state index is 4.46. The molecule has 0 saturated heterocycles. The Balaban J connectivity index is 1.09. The Morgan fingerprint density at radius 1 is 0.365 bits per heavy atom. The quantitative estimate of drug-likeness (QED) is 0.184. The number of rotatable bonds is 4. The van der Waals surface area contributed by atoms with Gasteiger partial charge in [-0.15, -0.1) is 0 Å². The van der Waals surface area contributed by atoms with Crippen molar-refractivity contribution in [2.45, 2.75) is 0 Å². The Morgan fingerprint density at radius 3 is 1.52 bits per heavy atom. The molecule has 4 heterocycles. The second kappa shape index (κ2) is 11.0. The number of aromatic nitrogens is 4. The molecule has 11 aromatic rings. The Bertz CT molecular complexity index is 3190. The van der Waals surface area contributed by atoms with Crippen molar-refractivity contribution in [3.05, 3.63) is 176 Å². The van der Waals surface area contributed by atoms with Gasteiger partial charge in [-0.3, -0.25) is 4.98 Å². The first-order valence-electron chi connectivity index (χ1n) is 17.8. The minimum Gasteiger partial charge on any atom is -0.344 e. The van der Waals surface area contributed by atoms with E-state index in [4.69, 9.17) is 0 Å². The molecule has 0 N–H and O–H groups in total. The largest absolute Gasteiger partial charge is 0.344 e. The van der Waals surface area contributed by atoms with E-state index in [0.717, 1.165) is 5.69 Å². The van der Waals surface area contributed by atoms with Crippen molar-refractivity contribution in [1.29, 1.82) is 0 Å². The van der Waals surface area contributed by atoms with Gasteiger partial charge in [-0.05, 0) is 95.1 Å². The highest BCUT2D eigenvalue weighted by Gasteiger charge is 2.18. The van der Waals surface area contributed by atoms with Crippen molar-refractivity contribution in [3.8, 4) is 33.6 Å². The van der Waals surface area contributed by atoms with Crippen molar-refractivity contribution < 1.29 is 0 Å². The second-order valence-electron chi connectivity index (χ2n) is 13.7. The van der Waals surface area contributed by atoms with Crippen LogP contribution >= 0.6 is 0 Å². The molecule has 0 unspecified atom stereocenters. The third-order valence-corrected chi connectivity index (χ3v) is 11.0. The summed E-state index contributed by atoms with van der Waals surface area (Å²) in [6.45, 7) is 0. The van der Waals surface area contributed by atoms with E-state index >= 15 is 0 Å². The average molecular weight is 665 g/mol. The fourth-order valence-electron chi connectivity index (χ4n) is 8.59. The van der Waals surface area contributed by atoms with E-state index in [1.54, 1.807) is 0 Å². The molecule has 0 saturated carbocycles. The first kappa shape index (κ1) is 28.9. The Labute approximate surface area is 300 Å². The molecule has 0 aliphatic heterocycles. The van der Waals surface area contributed by atoms with Gasteiger partial charge in [-0.25, -0.2) is 0 Å². The van der Waals surface area contributed by atoms with Gasteiger partial charge in [0.25, 0.3) is 0 Å². The standard InChI is InChI=1S/C48H32N4/c1-50-43-24-21-34(29-41(43)42-30-49-26-25-44(42)50)52-46-18-10-8-16-38(46)40-28-32(20-23-48(40)52)36-14-6-5-13-35(36)31-19-22-47-39(27-31)37-15-7-9-17-45(37)51(47)33-11-3-2-4-12-33/h2-30H,1H3. The van der Waals surface area contributed by atoms with Crippen LogP contribution in [0.15, 0.2) is 176 Å². The fourth-order valence-corrected chi connectivity index (χ4v) is 8.59. The van der Waals surface area contributed by atoms with Gasteiger partial charge in [0.1, 0.15) is 0 Å². The van der Waals surface area contributed by atoms with Gasteiger partial charge < -0.3 is 13.7 Å². The maximum atomic E-state index is 4.46. The van der Waals surface area contributed by atoms with E-state index in [0.29, 0.717) is 0 Å². The predicted molar refractivity (Wildman–Crippen MR) is 218 cm³/mol. The third kappa shape index (κ3) is 4.12. The van der Waals surface area contributed by atoms with Crippen LogP contribution in [0.2, 0.25) is 0 Å². The summed E-state index contributed by atoms with van der Waals surface area (Å²) in [5.74, 6) is 0. The highest BCUT2D eigenvalue weighted by Crippen LogP contribution is 2.41. The smallest absolute Gasteiger partial charge is 0.0541 e. The molecule has 0 aliphatic carbocycles. The fraction of sp³-hybridized carbons (Fsp3) is 0.0208. The van der Waals surface area contributed by atoms with Gasteiger partial charge in [0.2, 0.25) is 0 Å². The predicted octanol–water partition coefficient (Wildman–Crippen LogP) is 12.3. The summed E-state index contributed by atoms with van der Waals surface area (Å²) in [6, 6.07) is 59.8. The molecule has 4 nitrogen and oxygen atoms in total. The number of pyridine rings is 1. The molecule has 0 spiro atoms. The van der Waals surface area contributed by atoms with Gasteiger partial charge in [-0.2, -0.15) is 0 Å². The molecular formula is C48H32N4. The van der Waals surface area contributed by atoms with Gasteiger partial charge in [0.15, 0.2) is 0 Å². The van der Waals surface area contributed by atoms with E-state index in [1.807, 2.05) is 12.4 Å². The zero-order valence-electron chi connectivity index (χ0n) is 28.5. The van der Waals surface area contributed by atoms with Gasteiger partial charge in [-0.1, -0.05) is 91.0 Å². The monoisotopic (exact) mass is 664 g/mol. The van der Waals surface area contributed by atoms with Gasteiger partial charge >= 0.3 is 0 Å². The van der Waals surface area contributed by atoms with Crippen LogP contribution in [0.1, 0.15) is 0 Å². The lowest BCUT2D eigenvalue weighted by atomic mass is 9.93. The molecule has 0 aliphatic rings. The summed E-state index contributed by atoms with van der Waals surface area (Å²) in [6.07, 6.45) is 3.85. The number of nitrogens with zero attached hydrogens (tertiary/aromatic N) is 4. The van der Waals surface area contributed by atoms with Crippen molar-refractivity contribution in [2.24, 2.45) is 7.05 Å². The first-order valence-corrected chi connectivity index (χ1v) is 17.8. The van der Waals surface area contributed by atoms with Crippen molar-refractivity contribution in [3.63, 3.8) is 0 Å². The Hall–Kier alpha value is -6.91. The lowest BCUT2D eigenvalue weighted by molar-refractivity contribution is 1.01. The molecule has 0 amide bonds. The normalized spacial score (nSPS) is 11.9. The van der Waals surface area contributed by atoms with Crippen LogP contribution in [0, 0.1) is 0 Å². The van der Waals surface area contributed by atoms with E-state index in [-0.39, 0.29) is 0 Å². The second-order valence-corrected chi connectivity index (χ2v) is 13.7. The summed E-state index contributed by atoms with van der Waals surface area (Å²) in [5, 5.41) is 7.38. The molecular weight excluding hydrogens is 633 g/mol. The van der Waals surface area contributed by atoms with Crippen LogP contribution in [-0.4, -0.2) is 18.7 Å². The molecule has 11 rings (SSSR count). The van der Waals surface area contributed by atoms with Crippen molar-refractivity contribution in [2.75, 3.05) is 0 Å². The number of hydrogen-bond acceptors (Lipinski definition) is 1. The molecule has 52 heavy (non-hydrogen) atoms. The molecule has 0 atom stereocenters. The van der Waals surface area contributed by atoms with Crippen LogP contribution in [0.3, 0.4) is 0 Å². The van der Waals surface area contributed by atoms with Gasteiger partial charge in [0.05, 0.1) is 27.6 Å². The van der Waals surface area contributed by atoms with E-state index in [1.165, 1.54) is 93.4 Å². The molecule has 4 heteroatoms. The summed E-state index contributed by atoms with van der Waals surface area (Å²) >= 11 is 0. The topological polar surface area (TPSA) is 27.7 Å². The van der Waals surface area contributed by atoms with Crippen LogP contribution in [0.4, 0.5) is 0 Å². The highest BCUT2D eigenvalue weighted by molar-refractivity contribution is 6.13. The Morgan fingerprint density at radius 2 is 0.865 bits per heavy atom. The zero-order chi connectivity index (χ0) is 34.3. The lowest BCUT2D eigenvalue weighted by Gasteiger charge is -2.12. The maximum Gasteiger partial charge on any atom is 0.0541 e. The number of para-hydroxylation sites is 3. The van der Waals surface area contributed by atoms with Crippen LogP contribution in [-0.2, 0) is 7.05 Å². The lowest BCUT2D eigenvalue weighted by Crippen LogP contribution is -1.94. The molecule has 0 fully saturated rings. The average Bonchev–Trinajstić information content (AvgIpc) is 3.83. The summed E-state index contributed by atoms with van der Waals surface area (Å²) < 4.78 is 7.04. The molecule has 7 aromatic carbocycles. The minimum atomic E-state index is 1.14. The summed E-state index contributed by atoms with van der Waals surface area (Å²) in [7, 11) is 2.13. The van der Waals surface area contributed by atoms with Crippen molar-refractivity contribution in [1.82, 2.24) is 18.7 Å². The van der Waals surface area contributed by atoms with Crippen LogP contribution in [0.5, 0.6) is 0 Å². The van der Waals surface area contributed by atoms with E-state index in [2.05, 4.69) is 190 Å². The highest BCUT2D eigenvalue weighted by atomic mass is 15.0. The number of benzene rings is 7. The first-order chi connectivity index (χ1) is 25.7. The molecule has 0 radical (unpaired) electrons. The number of fused-ring (bicyclic) bond motifs is 9.